The molecule has 0 bridgehead atoms. The summed E-state index contributed by atoms with van der Waals surface area (Å²) in [7, 11) is 3.08. The summed E-state index contributed by atoms with van der Waals surface area (Å²) in [6.45, 7) is 3.93. The van der Waals surface area contributed by atoms with Gasteiger partial charge in [0.05, 0.1) is 36.4 Å². The number of aromatic nitrogens is 1. The number of nitrogens with zero attached hydrogens (tertiary/aromatic N) is 1. The van der Waals surface area contributed by atoms with Crippen LogP contribution < -0.4 is 9.47 Å². The number of hydrogen-bond acceptors (Lipinski definition) is 6. The van der Waals surface area contributed by atoms with E-state index in [0.717, 1.165) is 22.3 Å². The minimum absolute atomic E-state index is 0.105. The molecule has 0 fully saturated rings. The standard InChI is InChI=1S/C32H27NO6/c1-18-14-21(32(36)39-17-20-8-6-5-7-9-20)15-19(2)27(18)30-26(38-4)13-12-25-29(30)28(31(34)35)23-16-22(37-3)10-11-24(23)33-25/h5-16H,17H2,1-4H3,(H,34,35). The van der Waals surface area contributed by atoms with Crippen LogP contribution in [0.25, 0.3) is 32.9 Å². The van der Waals surface area contributed by atoms with E-state index in [2.05, 4.69) is 0 Å². The molecule has 0 atom stereocenters. The first-order valence-electron chi connectivity index (χ1n) is 12.4. The normalized spacial score (nSPS) is 11.0. The molecule has 0 radical (unpaired) electrons. The summed E-state index contributed by atoms with van der Waals surface area (Å²) in [5.41, 5.74) is 5.39. The number of rotatable bonds is 7. The molecule has 0 saturated heterocycles. The Bertz CT molecular complexity index is 1720. The second-order valence-corrected chi connectivity index (χ2v) is 9.26. The number of esters is 1. The molecule has 0 aliphatic rings. The number of pyridine rings is 1. The zero-order valence-corrected chi connectivity index (χ0v) is 22.1. The molecule has 0 amide bonds. The first-order chi connectivity index (χ1) is 18.8. The fraction of sp³-hybridized carbons (Fsp3) is 0.156. The van der Waals surface area contributed by atoms with Gasteiger partial charge >= 0.3 is 11.9 Å². The summed E-state index contributed by atoms with van der Waals surface area (Å²) in [5.74, 6) is -0.500. The molecule has 1 N–H and O–H groups in total. The van der Waals surface area contributed by atoms with E-state index < -0.39 is 11.9 Å². The Labute approximate surface area is 225 Å². The van der Waals surface area contributed by atoms with E-state index in [0.29, 0.717) is 44.4 Å². The highest BCUT2D eigenvalue weighted by molar-refractivity contribution is 6.19. The minimum Gasteiger partial charge on any atom is -0.497 e. The SMILES string of the molecule is COc1ccc2nc3ccc(OC)c(-c4c(C)cc(C(=O)OCc5ccccc5)cc4C)c3c(C(=O)O)c2c1. The Balaban J connectivity index is 1.70. The molecule has 196 valence electrons. The van der Waals surface area contributed by atoms with Crippen LogP contribution in [-0.4, -0.2) is 36.2 Å². The first-order valence-corrected chi connectivity index (χ1v) is 12.4. The van der Waals surface area contributed by atoms with E-state index in [1.807, 2.05) is 44.2 Å². The maximum atomic E-state index is 12.9. The third-order valence-electron chi connectivity index (χ3n) is 6.77. The van der Waals surface area contributed by atoms with Gasteiger partial charge in [-0.3, -0.25) is 0 Å². The molecule has 4 aromatic carbocycles. The quantitative estimate of drug-likeness (QED) is 0.187. The van der Waals surface area contributed by atoms with E-state index >= 15 is 0 Å². The Morgan fingerprint density at radius 3 is 2.15 bits per heavy atom. The lowest BCUT2D eigenvalue weighted by atomic mass is 9.88. The Morgan fingerprint density at radius 2 is 1.51 bits per heavy atom. The maximum Gasteiger partial charge on any atom is 0.338 e. The van der Waals surface area contributed by atoms with Crippen LogP contribution >= 0.6 is 0 Å². The number of hydrogen-bond donors (Lipinski definition) is 1. The fourth-order valence-corrected chi connectivity index (χ4v) is 5.05. The van der Waals surface area contributed by atoms with E-state index in [9.17, 15) is 14.7 Å². The molecule has 1 aromatic heterocycles. The molecule has 0 aliphatic heterocycles. The van der Waals surface area contributed by atoms with Crippen LogP contribution in [0.3, 0.4) is 0 Å². The molecule has 0 aliphatic carbocycles. The number of aromatic carboxylic acids is 1. The minimum atomic E-state index is -1.09. The van der Waals surface area contributed by atoms with Crippen LogP contribution in [0.1, 0.15) is 37.4 Å². The largest absolute Gasteiger partial charge is 0.497 e. The molecule has 5 rings (SSSR count). The van der Waals surface area contributed by atoms with Crippen molar-refractivity contribution in [3.05, 3.63) is 101 Å². The van der Waals surface area contributed by atoms with Gasteiger partial charge in [0, 0.05) is 16.3 Å². The molecule has 0 spiro atoms. The number of aryl methyl sites for hydroxylation is 2. The van der Waals surface area contributed by atoms with E-state index in [-0.39, 0.29) is 12.2 Å². The summed E-state index contributed by atoms with van der Waals surface area (Å²) >= 11 is 0. The average molecular weight is 522 g/mol. The number of methoxy groups -OCH3 is 2. The van der Waals surface area contributed by atoms with E-state index in [1.165, 1.54) is 7.11 Å². The smallest absolute Gasteiger partial charge is 0.338 e. The van der Waals surface area contributed by atoms with Gasteiger partial charge in [-0.15, -0.1) is 0 Å². The molecule has 39 heavy (non-hydrogen) atoms. The number of carboxylic acids is 1. The number of carbonyl (C=O) groups is 2. The molecule has 0 saturated carbocycles. The Morgan fingerprint density at radius 1 is 0.821 bits per heavy atom. The number of carbonyl (C=O) groups excluding carboxylic acids is 1. The zero-order valence-electron chi connectivity index (χ0n) is 22.1. The van der Waals surface area contributed by atoms with Crippen LogP contribution in [0.5, 0.6) is 11.5 Å². The third-order valence-corrected chi connectivity index (χ3v) is 6.77. The topological polar surface area (TPSA) is 95.0 Å². The van der Waals surface area contributed by atoms with E-state index in [1.54, 1.807) is 49.6 Å². The highest BCUT2D eigenvalue weighted by Crippen LogP contribution is 2.43. The molecule has 5 aromatic rings. The van der Waals surface area contributed by atoms with Crippen LogP contribution in [0.4, 0.5) is 0 Å². The fourth-order valence-electron chi connectivity index (χ4n) is 5.05. The number of ether oxygens (including phenoxy) is 3. The van der Waals surface area contributed by atoms with Crippen LogP contribution in [0.15, 0.2) is 72.8 Å². The van der Waals surface area contributed by atoms with Gasteiger partial charge in [0.2, 0.25) is 0 Å². The third kappa shape index (κ3) is 4.75. The summed E-state index contributed by atoms with van der Waals surface area (Å²) < 4.78 is 16.6. The number of carboxylic acid groups (broad SMARTS) is 1. The number of fused-ring (bicyclic) bond motifs is 2. The van der Waals surface area contributed by atoms with Crippen LogP contribution in [0, 0.1) is 13.8 Å². The summed E-state index contributed by atoms with van der Waals surface area (Å²) in [6.07, 6.45) is 0. The van der Waals surface area contributed by atoms with Crippen LogP contribution in [-0.2, 0) is 11.3 Å². The van der Waals surface area contributed by atoms with Gasteiger partial charge in [0.1, 0.15) is 18.1 Å². The summed E-state index contributed by atoms with van der Waals surface area (Å²) in [6, 6.07) is 21.7. The van der Waals surface area contributed by atoms with Crippen molar-refractivity contribution in [2.24, 2.45) is 0 Å². The predicted octanol–water partition coefficient (Wildman–Crippen LogP) is 6.74. The van der Waals surface area contributed by atoms with Crippen molar-refractivity contribution in [2.45, 2.75) is 20.5 Å². The van der Waals surface area contributed by atoms with Crippen molar-refractivity contribution >= 4 is 33.7 Å². The predicted molar refractivity (Wildman–Crippen MR) is 150 cm³/mol. The monoisotopic (exact) mass is 521 g/mol. The Hall–Kier alpha value is -4.91. The Kier molecular flexibility index (Phi) is 6.90. The maximum absolute atomic E-state index is 12.9. The van der Waals surface area contributed by atoms with Crippen molar-refractivity contribution in [1.82, 2.24) is 4.98 Å². The van der Waals surface area contributed by atoms with Gasteiger partial charge in [-0.2, -0.15) is 0 Å². The second-order valence-electron chi connectivity index (χ2n) is 9.26. The second kappa shape index (κ2) is 10.5. The van der Waals surface area contributed by atoms with Gasteiger partial charge in [-0.05, 0) is 78.6 Å². The highest BCUT2D eigenvalue weighted by atomic mass is 16.5. The van der Waals surface area contributed by atoms with Crippen molar-refractivity contribution in [3.8, 4) is 22.6 Å². The van der Waals surface area contributed by atoms with Crippen LogP contribution in [0.2, 0.25) is 0 Å². The molecular formula is C32H27NO6. The molecule has 7 heteroatoms. The van der Waals surface area contributed by atoms with Crippen molar-refractivity contribution in [1.29, 1.82) is 0 Å². The van der Waals surface area contributed by atoms with Crippen molar-refractivity contribution in [3.63, 3.8) is 0 Å². The highest BCUT2D eigenvalue weighted by Gasteiger charge is 2.24. The lowest BCUT2D eigenvalue weighted by Gasteiger charge is -2.19. The molecule has 0 unspecified atom stereocenters. The summed E-state index contributed by atoms with van der Waals surface area (Å²) in [5, 5.41) is 11.3. The lowest BCUT2D eigenvalue weighted by molar-refractivity contribution is 0.0472. The number of benzene rings is 4. The lowest BCUT2D eigenvalue weighted by Crippen LogP contribution is -2.08. The summed E-state index contributed by atoms with van der Waals surface area (Å²) in [4.78, 5) is 30.4. The van der Waals surface area contributed by atoms with Gasteiger partial charge in [-0.1, -0.05) is 30.3 Å². The van der Waals surface area contributed by atoms with Gasteiger partial charge in [-0.25, -0.2) is 14.6 Å². The molecule has 7 nitrogen and oxygen atoms in total. The van der Waals surface area contributed by atoms with Crippen molar-refractivity contribution < 1.29 is 28.9 Å². The molecular weight excluding hydrogens is 494 g/mol. The van der Waals surface area contributed by atoms with Gasteiger partial charge < -0.3 is 19.3 Å². The van der Waals surface area contributed by atoms with Gasteiger partial charge in [0.25, 0.3) is 0 Å². The van der Waals surface area contributed by atoms with Crippen molar-refractivity contribution in [2.75, 3.05) is 14.2 Å². The van der Waals surface area contributed by atoms with E-state index in [4.69, 9.17) is 19.2 Å². The van der Waals surface area contributed by atoms with Gasteiger partial charge in [0.15, 0.2) is 0 Å². The molecule has 1 heterocycles. The first kappa shape index (κ1) is 25.7. The average Bonchev–Trinajstić information content (AvgIpc) is 2.94. The zero-order chi connectivity index (χ0) is 27.7.